The first-order chi connectivity index (χ1) is 12.6. The number of aromatic nitrogens is 1. The van der Waals surface area contributed by atoms with Crippen LogP contribution in [-0.4, -0.2) is 16.9 Å². The Balaban J connectivity index is 2.16. The average molecular weight is 348 g/mol. The largest absolute Gasteiger partial charge is 0.391 e. The van der Waals surface area contributed by atoms with E-state index >= 15 is 0 Å². The van der Waals surface area contributed by atoms with Crippen LogP contribution in [0.2, 0.25) is 0 Å². The van der Waals surface area contributed by atoms with E-state index in [0.29, 0.717) is 6.61 Å². The fraction of sp³-hybridized carbons (Fsp3) is 0.136. The molecular formula is C22H21FN2O. The highest BCUT2D eigenvalue weighted by Crippen LogP contribution is 2.30. The summed E-state index contributed by atoms with van der Waals surface area (Å²) in [5.41, 5.74) is 5.75. The molecule has 0 atom stereocenters. The maximum Gasteiger partial charge on any atom is 0.135 e. The van der Waals surface area contributed by atoms with Crippen molar-refractivity contribution in [2.24, 2.45) is 5.16 Å². The molecule has 0 aliphatic carbocycles. The second kappa shape index (κ2) is 7.83. The molecule has 1 aromatic heterocycles. The highest BCUT2D eigenvalue weighted by molar-refractivity contribution is 6.01. The summed E-state index contributed by atoms with van der Waals surface area (Å²) in [5, 5.41) is 4.17. The van der Waals surface area contributed by atoms with E-state index in [9.17, 15) is 4.39 Å². The van der Waals surface area contributed by atoms with Crippen molar-refractivity contribution in [3.63, 3.8) is 0 Å². The maximum atomic E-state index is 13.4. The summed E-state index contributed by atoms with van der Waals surface area (Å²) in [7, 11) is 0. The van der Waals surface area contributed by atoms with Gasteiger partial charge >= 0.3 is 0 Å². The summed E-state index contributed by atoms with van der Waals surface area (Å²) >= 11 is 0. The molecule has 0 amide bonds. The Kier molecular flexibility index (Phi) is 5.32. The van der Waals surface area contributed by atoms with E-state index in [1.165, 1.54) is 12.1 Å². The van der Waals surface area contributed by atoms with Gasteiger partial charge in [-0.25, -0.2) is 4.39 Å². The number of rotatable bonds is 6. The zero-order valence-corrected chi connectivity index (χ0v) is 14.9. The number of nitrogens with zero attached hydrogens (tertiary/aromatic N) is 2. The van der Waals surface area contributed by atoms with Crippen LogP contribution in [0, 0.1) is 12.7 Å². The van der Waals surface area contributed by atoms with E-state index in [0.717, 1.165) is 33.9 Å². The molecular weight excluding hydrogens is 327 g/mol. The Labute approximate surface area is 153 Å². The Hall–Kier alpha value is -3.14. The smallest absolute Gasteiger partial charge is 0.135 e. The number of hydrogen-bond acceptors (Lipinski definition) is 2. The van der Waals surface area contributed by atoms with Gasteiger partial charge in [-0.1, -0.05) is 36.0 Å². The van der Waals surface area contributed by atoms with Crippen LogP contribution in [0.15, 0.2) is 78.5 Å². The second-order valence-electron chi connectivity index (χ2n) is 5.97. The second-order valence-corrected chi connectivity index (χ2v) is 5.97. The van der Waals surface area contributed by atoms with E-state index in [2.05, 4.69) is 22.4 Å². The number of oxime groups is 1. The first-order valence-electron chi connectivity index (χ1n) is 8.43. The third-order valence-electron chi connectivity index (χ3n) is 4.19. The van der Waals surface area contributed by atoms with Gasteiger partial charge in [0.05, 0.1) is 11.4 Å². The molecule has 3 rings (SSSR count). The topological polar surface area (TPSA) is 26.5 Å². The van der Waals surface area contributed by atoms with E-state index < -0.39 is 0 Å². The summed E-state index contributed by atoms with van der Waals surface area (Å²) in [6, 6.07) is 18.6. The predicted octanol–water partition coefficient (Wildman–Crippen LogP) is 5.52. The number of para-hydroxylation sites is 1. The van der Waals surface area contributed by atoms with Crippen LogP contribution in [0.3, 0.4) is 0 Å². The van der Waals surface area contributed by atoms with Crippen molar-refractivity contribution in [1.29, 1.82) is 0 Å². The van der Waals surface area contributed by atoms with Gasteiger partial charge in [0.15, 0.2) is 0 Å². The van der Waals surface area contributed by atoms with Crippen LogP contribution in [0.4, 0.5) is 4.39 Å². The number of halogens is 1. The average Bonchev–Trinajstić information content (AvgIpc) is 3.00. The van der Waals surface area contributed by atoms with Gasteiger partial charge in [-0.15, -0.1) is 0 Å². The van der Waals surface area contributed by atoms with E-state index in [1.807, 2.05) is 44.2 Å². The third kappa shape index (κ3) is 3.59. The van der Waals surface area contributed by atoms with Gasteiger partial charge in [0, 0.05) is 16.9 Å². The van der Waals surface area contributed by atoms with Gasteiger partial charge in [-0.2, -0.15) is 0 Å². The minimum absolute atomic E-state index is 0.251. The molecule has 0 fully saturated rings. The summed E-state index contributed by atoms with van der Waals surface area (Å²) in [5.74, 6) is -0.251. The molecule has 0 unspecified atom stereocenters. The van der Waals surface area contributed by atoms with Crippen LogP contribution < -0.4 is 0 Å². The summed E-state index contributed by atoms with van der Waals surface area (Å²) in [6.07, 6.45) is 1.66. The predicted molar refractivity (Wildman–Crippen MR) is 104 cm³/mol. The molecule has 0 saturated carbocycles. The summed E-state index contributed by atoms with van der Waals surface area (Å²) in [4.78, 5) is 5.24. The molecule has 4 heteroatoms. The van der Waals surface area contributed by atoms with Gasteiger partial charge in [0.1, 0.15) is 12.4 Å². The standard InChI is InChI=1S/C22H21FN2O/c1-4-14-26-24-16(2)21-15-22(18-10-12-19(23)13-11-18)25(17(21)3)20-8-6-5-7-9-20/h4-13,15H,1,14H2,2-3H3/b24-16-. The Morgan fingerprint density at radius 3 is 2.50 bits per heavy atom. The lowest BCUT2D eigenvalue weighted by atomic mass is 10.1. The van der Waals surface area contributed by atoms with Crippen molar-refractivity contribution in [3.8, 4) is 16.9 Å². The maximum absolute atomic E-state index is 13.4. The van der Waals surface area contributed by atoms with Crippen molar-refractivity contribution in [2.75, 3.05) is 6.61 Å². The van der Waals surface area contributed by atoms with Crippen molar-refractivity contribution in [1.82, 2.24) is 4.57 Å². The summed E-state index contributed by atoms with van der Waals surface area (Å²) < 4.78 is 15.5. The number of hydrogen-bond donors (Lipinski definition) is 0. The van der Waals surface area contributed by atoms with Crippen molar-refractivity contribution >= 4 is 5.71 Å². The van der Waals surface area contributed by atoms with E-state index in [-0.39, 0.29) is 5.82 Å². The zero-order valence-electron chi connectivity index (χ0n) is 14.9. The fourth-order valence-electron chi connectivity index (χ4n) is 2.95. The van der Waals surface area contributed by atoms with E-state index in [4.69, 9.17) is 4.84 Å². The lowest BCUT2D eigenvalue weighted by molar-refractivity contribution is 0.175. The Bertz CT molecular complexity index is 925. The summed E-state index contributed by atoms with van der Waals surface area (Å²) in [6.45, 7) is 7.94. The molecule has 3 nitrogen and oxygen atoms in total. The monoisotopic (exact) mass is 348 g/mol. The van der Waals surface area contributed by atoms with E-state index in [1.54, 1.807) is 18.2 Å². The molecule has 0 aliphatic rings. The first-order valence-corrected chi connectivity index (χ1v) is 8.43. The molecule has 132 valence electrons. The van der Waals surface area contributed by atoms with Crippen LogP contribution in [0.25, 0.3) is 16.9 Å². The lowest BCUT2D eigenvalue weighted by Gasteiger charge is -2.12. The van der Waals surface area contributed by atoms with Gasteiger partial charge in [-0.05, 0) is 61.9 Å². The van der Waals surface area contributed by atoms with Crippen molar-refractivity contribution in [2.45, 2.75) is 13.8 Å². The third-order valence-corrected chi connectivity index (χ3v) is 4.19. The van der Waals surface area contributed by atoms with Gasteiger partial charge in [-0.3, -0.25) is 0 Å². The molecule has 0 bridgehead atoms. The van der Waals surface area contributed by atoms with Gasteiger partial charge in [0.25, 0.3) is 0 Å². The molecule has 0 spiro atoms. The molecule has 0 radical (unpaired) electrons. The molecule has 3 aromatic rings. The Morgan fingerprint density at radius 1 is 1.15 bits per heavy atom. The van der Waals surface area contributed by atoms with Gasteiger partial charge in [0.2, 0.25) is 0 Å². The SMILES string of the molecule is C=CCO/N=C(/C)c1cc(-c2ccc(F)cc2)n(-c2ccccc2)c1C. The van der Waals surface area contributed by atoms with Crippen LogP contribution >= 0.6 is 0 Å². The molecule has 2 aromatic carbocycles. The molecule has 1 heterocycles. The van der Waals surface area contributed by atoms with Crippen molar-refractivity contribution in [3.05, 3.63) is 90.4 Å². The van der Waals surface area contributed by atoms with Gasteiger partial charge < -0.3 is 9.40 Å². The highest BCUT2D eigenvalue weighted by Gasteiger charge is 2.17. The zero-order chi connectivity index (χ0) is 18.5. The first kappa shape index (κ1) is 17.7. The van der Waals surface area contributed by atoms with Crippen LogP contribution in [0.1, 0.15) is 18.2 Å². The minimum atomic E-state index is -0.251. The lowest BCUT2D eigenvalue weighted by Crippen LogP contribution is -2.02. The minimum Gasteiger partial charge on any atom is -0.391 e. The Morgan fingerprint density at radius 2 is 1.85 bits per heavy atom. The highest BCUT2D eigenvalue weighted by atomic mass is 19.1. The quantitative estimate of drug-likeness (QED) is 0.249. The molecule has 26 heavy (non-hydrogen) atoms. The molecule has 0 aliphatic heterocycles. The molecule has 0 N–H and O–H groups in total. The normalized spacial score (nSPS) is 11.4. The fourth-order valence-corrected chi connectivity index (χ4v) is 2.95. The van der Waals surface area contributed by atoms with Crippen LogP contribution in [-0.2, 0) is 4.84 Å². The number of benzene rings is 2. The molecule has 0 saturated heterocycles. The van der Waals surface area contributed by atoms with Crippen LogP contribution in [0.5, 0.6) is 0 Å². The van der Waals surface area contributed by atoms with Crippen molar-refractivity contribution < 1.29 is 9.23 Å².